The summed E-state index contributed by atoms with van der Waals surface area (Å²) in [6.07, 6.45) is 7.03. The third-order valence-electron chi connectivity index (χ3n) is 4.03. The molecule has 0 aromatic carbocycles. The number of aryl methyl sites for hydroxylation is 1. The largest absolute Gasteiger partial charge is 0.329 e. The lowest BCUT2D eigenvalue weighted by Crippen LogP contribution is -2.37. The van der Waals surface area contributed by atoms with Gasteiger partial charge in [0.15, 0.2) is 5.82 Å². The van der Waals surface area contributed by atoms with Gasteiger partial charge < -0.3 is 5.73 Å². The highest BCUT2D eigenvalue weighted by molar-refractivity contribution is 7.16. The van der Waals surface area contributed by atoms with Gasteiger partial charge in [0.25, 0.3) is 0 Å². The molecule has 0 unspecified atom stereocenters. The van der Waals surface area contributed by atoms with E-state index in [9.17, 15) is 0 Å². The predicted octanol–water partition coefficient (Wildman–Crippen LogP) is 1.91. The van der Waals surface area contributed by atoms with Crippen molar-refractivity contribution in [2.75, 3.05) is 6.54 Å². The van der Waals surface area contributed by atoms with E-state index in [0.717, 1.165) is 35.1 Å². The minimum Gasteiger partial charge on any atom is -0.329 e. The smallest absolute Gasteiger partial charge is 0.234 e. The Morgan fingerprint density at radius 2 is 2.06 bits per heavy atom. The van der Waals surface area contributed by atoms with Gasteiger partial charge in [-0.25, -0.2) is 0 Å². The lowest BCUT2D eigenvalue weighted by atomic mass is 9.74. The molecule has 6 heteroatoms. The van der Waals surface area contributed by atoms with Crippen molar-refractivity contribution < 1.29 is 0 Å². The summed E-state index contributed by atoms with van der Waals surface area (Å²) in [4.78, 5) is 0.903. The normalized spacial score (nSPS) is 19.4. The summed E-state index contributed by atoms with van der Waals surface area (Å²) in [5.41, 5.74) is 6.14. The first-order chi connectivity index (χ1) is 8.79. The molecule has 1 fully saturated rings. The molecule has 0 atom stereocenters. The molecule has 3 rings (SSSR count). The van der Waals surface area contributed by atoms with E-state index in [1.54, 1.807) is 11.3 Å². The Morgan fingerprint density at radius 3 is 2.72 bits per heavy atom. The Bertz CT molecular complexity index is 538. The van der Waals surface area contributed by atoms with Crippen LogP contribution in [-0.2, 0) is 11.8 Å². The van der Waals surface area contributed by atoms with Crippen LogP contribution in [0.15, 0.2) is 0 Å². The van der Waals surface area contributed by atoms with Gasteiger partial charge in [-0.3, -0.25) is 0 Å². The number of aromatic nitrogens is 4. The lowest BCUT2D eigenvalue weighted by molar-refractivity contribution is 0.297. The van der Waals surface area contributed by atoms with Crippen LogP contribution in [-0.4, -0.2) is 26.4 Å². The first kappa shape index (κ1) is 12.0. The maximum Gasteiger partial charge on any atom is 0.234 e. The summed E-state index contributed by atoms with van der Waals surface area (Å²) in [5, 5.41) is 14.2. The van der Waals surface area contributed by atoms with Crippen LogP contribution in [0.4, 0.5) is 0 Å². The number of hydrogen-bond donors (Lipinski definition) is 1. The summed E-state index contributed by atoms with van der Waals surface area (Å²) >= 11 is 1.66. The molecule has 98 valence electrons. The first-order valence-corrected chi connectivity index (χ1v) is 7.52. The third kappa shape index (κ3) is 1.75. The standard InChI is InChI=1S/C12H19N5S/c1-2-9-14-15-11-17(9)16-10(18-11)12(8-13)6-4-3-5-7-12/h2-8,13H2,1H3. The van der Waals surface area contributed by atoms with Crippen LogP contribution in [0.3, 0.4) is 0 Å². The van der Waals surface area contributed by atoms with Crippen molar-refractivity contribution in [2.45, 2.75) is 50.9 Å². The van der Waals surface area contributed by atoms with E-state index in [-0.39, 0.29) is 5.41 Å². The molecule has 0 amide bonds. The van der Waals surface area contributed by atoms with E-state index in [1.807, 2.05) is 4.52 Å². The molecule has 0 radical (unpaired) electrons. The second kappa shape index (κ2) is 4.59. The molecule has 0 spiro atoms. The van der Waals surface area contributed by atoms with E-state index >= 15 is 0 Å². The van der Waals surface area contributed by atoms with Crippen molar-refractivity contribution in [1.82, 2.24) is 19.8 Å². The van der Waals surface area contributed by atoms with Crippen LogP contribution in [0.1, 0.15) is 49.9 Å². The fraction of sp³-hybridized carbons (Fsp3) is 0.750. The maximum absolute atomic E-state index is 6.05. The number of nitrogens with zero attached hydrogens (tertiary/aromatic N) is 4. The SMILES string of the molecule is CCc1nnc2sc(C3(CN)CCCCC3)nn12. The van der Waals surface area contributed by atoms with Crippen LogP contribution in [0.5, 0.6) is 0 Å². The topological polar surface area (TPSA) is 69.1 Å². The lowest BCUT2D eigenvalue weighted by Gasteiger charge is -2.33. The molecule has 5 nitrogen and oxygen atoms in total. The van der Waals surface area contributed by atoms with Gasteiger partial charge in [-0.05, 0) is 12.8 Å². The van der Waals surface area contributed by atoms with Gasteiger partial charge in [-0.15, -0.1) is 10.2 Å². The summed E-state index contributed by atoms with van der Waals surface area (Å²) in [7, 11) is 0. The predicted molar refractivity (Wildman–Crippen MR) is 71.9 cm³/mol. The van der Waals surface area contributed by atoms with Gasteiger partial charge in [0.2, 0.25) is 4.96 Å². The van der Waals surface area contributed by atoms with Crippen LogP contribution in [0.2, 0.25) is 0 Å². The monoisotopic (exact) mass is 265 g/mol. The molecule has 18 heavy (non-hydrogen) atoms. The Hall–Kier alpha value is -1.01. The van der Waals surface area contributed by atoms with Crippen LogP contribution >= 0.6 is 11.3 Å². The molecule has 2 N–H and O–H groups in total. The highest BCUT2D eigenvalue weighted by Gasteiger charge is 2.36. The molecule has 1 aliphatic rings. The van der Waals surface area contributed by atoms with Gasteiger partial charge in [0.1, 0.15) is 5.01 Å². The molecular formula is C12H19N5S. The van der Waals surface area contributed by atoms with Crippen LogP contribution in [0, 0.1) is 0 Å². The van der Waals surface area contributed by atoms with Crippen molar-refractivity contribution in [3.05, 3.63) is 10.8 Å². The molecule has 2 aromatic rings. The molecule has 2 heterocycles. The van der Waals surface area contributed by atoms with Crippen LogP contribution < -0.4 is 5.73 Å². The summed E-state index contributed by atoms with van der Waals surface area (Å²) in [6.45, 7) is 2.77. The van der Waals surface area contributed by atoms with Crippen LogP contribution in [0.25, 0.3) is 4.96 Å². The zero-order valence-corrected chi connectivity index (χ0v) is 11.5. The second-order valence-corrected chi connectivity index (χ2v) is 6.07. The zero-order chi connectivity index (χ0) is 12.6. The highest BCUT2D eigenvalue weighted by atomic mass is 32.1. The zero-order valence-electron chi connectivity index (χ0n) is 10.7. The first-order valence-electron chi connectivity index (χ1n) is 6.71. The van der Waals surface area contributed by atoms with E-state index in [1.165, 1.54) is 19.3 Å². The van der Waals surface area contributed by atoms with Crippen molar-refractivity contribution in [2.24, 2.45) is 5.73 Å². The Morgan fingerprint density at radius 1 is 1.28 bits per heavy atom. The van der Waals surface area contributed by atoms with Gasteiger partial charge in [0.05, 0.1) is 0 Å². The Balaban J connectivity index is 2.04. The molecule has 1 aliphatic carbocycles. The summed E-state index contributed by atoms with van der Waals surface area (Å²) < 4.78 is 1.89. The Kier molecular flexibility index (Phi) is 3.07. The highest BCUT2D eigenvalue weighted by Crippen LogP contribution is 2.40. The fourth-order valence-corrected chi connectivity index (χ4v) is 3.94. The number of hydrogen-bond acceptors (Lipinski definition) is 5. The van der Waals surface area contributed by atoms with E-state index in [0.29, 0.717) is 6.54 Å². The van der Waals surface area contributed by atoms with Gasteiger partial charge in [-0.1, -0.05) is 37.5 Å². The number of fused-ring (bicyclic) bond motifs is 1. The maximum atomic E-state index is 6.05. The van der Waals surface area contributed by atoms with E-state index in [4.69, 9.17) is 10.8 Å². The summed E-state index contributed by atoms with van der Waals surface area (Å²) in [6, 6.07) is 0. The quantitative estimate of drug-likeness (QED) is 0.920. The second-order valence-electron chi connectivity index (χ2n) is 5.12. The average Bonchev–Trinajstić information content (AvgIpc) is 2.99. The molecular weight excluding hydrogens is 246 g/mol. The molecule has 1 saturated carbocycles. The van der Waals surface area contributed by atoms with Gasteiger partial charge >= 0.3 is 0 Å². The minimum atomic E-state index is 0.0919. The van der Waals surface area contributed by atoms with Gasteiger partial charge in [0, 0.05) is 18.4 Å². The van der Waals surface area contributed by atoms with Crippen molar-refractivity contribution >= 4 is 16.3 Å². The summed E-state index contributed by atoms with van der Waals surface area (Å²) in [5.74, 6) is 0.940. The third-order valence-corrected chi connectivity index (χ3v) is 5.17. The molecule has 0 bridgehead atoms. The molecule has 0 aliphatic heterocycles. The van der Waals surface area contributed by atoms with Gasteiger partial charge in [-0.2, -0.15) is 9.61 Å². The Labute approximate surface area is 110 Å². The van der Waals surface area contributed by atoms with E-state index in [2.05, 4.69) is 17.1 Å². The van der Waals surface area contributed by atoms with Crippen molar-refractivity contribution in [3.8, 4) is 0 Å². The van der Waals surface area contributed by atoms with Crippen molar-refractivity contribution in [1.29, 1.82) is 0 Å². The minimum absolute atomic E-state index is 0.0919. The number of rotatable bonds is 3. The number of nitrogens with two attached hydrogens (primary N) is 1. The molecule has 2 aromatic heterocycles. The fourth-order valence-electron chi connectivity index (χ4n) is 2.83. The average molecular weight is 265 g/mol. The van der Waals surface area contributed by atoms with Crippen molar-refractivity contribution in [3.63, 3.8) is 0 Å². The van der Waals surface area contributed by atoms with E-state index < -0.39 is 0 Å². The molecule has 0 saturated heterocycles.